The van der Waals surface area contributed by atoms with E-state index in [0.29, 0.717) is 18.0 Å². The van der Waals surface area contributed by atoms with Crippen molar-refractivity contribution in [1.82, 2.24) is 14.8 Å². The van der Waals surface area contributed by atoms with Gasteiger partial charge in [-0.1, -0.05) is 12.1 Å². The van der Waals surface area contributed by atoms with E-state index in [1.54, 1.807) is 0 Å². The van der Waals surface area contributed by atoms with Gasteiger partial charge in [0.2, 0.25) is 0 Å². The second-order valence-electron chi connectivity index (χ2n) is 7.27. The largest absolute Gasteiger partial charge is 0.334 e. The summed E-state index contributed by atoms with van der Waals surface area (Å²) in [5.41, 5.74) is 1.38. The molecule has 3 fully saturated rings. The van der Waals surface area contributed by atoms with E-state index in [4.69, 9.17) is 0 Å². The minimum absolute atomic E-state index is 0.116. The van der Waals surface area contributed by atoms with Crippen LogP contribution < -0.4 is 0 Å². The van der Waals surface area contributed by atoms with Gasteiger partial charge in [0.1, 0.15) is 11.6 Å². The van der Waals surface area contributed by atoms with Crippen molar-refractivity contribution in [3.05, 3.63) is 65.5 Å². The first kappa shape index (κ1) is 17.1. The number of carbonyl (C=O) groups excluding carboxylic acids is 1. The van der Waals surface area contributed by atoms with E-state index in [1.165, 1.54) is 24.4 Å². The van der Waals surface area contributed by atoms with Crippen molar-refractivity contribution in [2.24, 2.45) is 5.92 Å². The molecule has 0 spiro atoms. The standard InChI is InChI=1S/C20H21F2N3O/c21-17-4-1-14(2-5-17)10-24-11-15-3-6-19(13-24)25(12-15)20(26)16-7-18(22)9-23-8-16/h1-2,4-5,7-9,15,19H,3,6,10-13H2/t15-,19+/m0/s1. The predicted molar refractivity (Wildman–Crippen MR) is 93.4 cm³/mol. The zero-order valence-corrected chi connectivity index (χ0v) is 14.4. The van der Waals surface area contributed by atoms with Gasteiger partial charge in [-0.05, 0) is 42.5 Å². The molecule has 0 radical (unpaired) electrons. The summed E-state index contributed by atoms with van der Waals surface area (Å²) in [5, 5.41) is 0. The monoisotopic (exact) mass is 357 g/mol. The fraction of sp³-hybridized carbons (Fsp3) is 0.400. The first-order chi connectivity index (χ1) is 12.6. The maximum atomic E-state index is 13.4. The molecule has 26 heavy (non-hydrogen) atoms. The molecule has 5 rings (SSSR count). The number of pyridine rings is 1. The molecule has 1 amide bonds. The van der Waals surface area contributed by atoms with Crippen LogP contribution in [0.25, 0.3) is 0 Å². The summed E-state index contributed by atoms with van der Waals surface area (Å²) >= 11 is 0. The predicted octanol–water partition coefficient (Wildman–Crippen LogP) is 3.10. The SMILES string of the molecule is O=C(c1cncc(F)c1)N1C[C@H]2CC[C@@H]1CN(Cc1ccc(F)cc1)C2. The average molecular weight is 357 g/mol. The summed E-state index contributed by atoms with van der Waals surface area (Å²) in [4.78, 5) is 20.9. The number of hydrogen-bond acceptors (Lipinski definition) is 3. The van der Waals surface area contributed by atoms with Crippen LogP contribution in [0.3, 0.4) is 0 Å². The van der Waals surface area contributed by atoms with Gasteiger partial charge < -0.3 is 4.90 Å². The smallest absolute Gasteiger partial charge is 0.255 e. The number of nitrogens with zero attached hydrogens (tertiary/aromatic N) is 3. The molecule has 1 aromatic carbocycles. The zero-order chi connectivity index (χ0) is 18.1. The summed E-state index contributed by atoms with van der Waals surface area (Å²) in [7, 11) is 0. The molecule has 3 saturated heterocycles. The minimum atomic E-state index is -0.492. The van der Waals surface area contributed by atoms with Crippen molar-refractivity contribution in [3.8, 4) is 0 Å². The molecule has 4 heterocycles. The first-order valence-corrected chi connectivity index (χ1v) is 8.97. The highest BCUT2D eigenvalue weighted by molar-refractivity contribution is 5.94. The topological polar surface area (TPSA) is 36.4 Å². The molecule has 2 bridgehead atoms. The van der Waals surface area contributed by atoms with Crippen molar-refractivity contribution in [1.29, 1.82) is 0 Å². The Bertz CT molecular complexity index is 796. The fourth-order valence-corrected chi connectivity index (χ4v) is 4.10. The quantitative estimate of drug-likeness (QED) is 0.847. The minimum Gasteiger partial charge on any atom is -0.334 e. The summed E-state index contributed by atoms with van der Waals surface area (Å²) < 4.78 is 26.5. The number of benzene rings is 1. The first-order valence-electron chi connectivity index (χ1n) is 8.97. The number of carbonyl (C=O) groups is 1. The van der Waals surface area contributed by atoms with Crippen LogP contribution in [0.15, 0.2) is 42.7 Å². The van der Waals surface area contributed by atoms with Gasteiger partial charge in [0.25, 0.3) is 5.91 Å². The van der Waals surface area contributed by atoms with Crippen LogP contribution in [0.1, 0.15) is 28.8 Å². The maximum Gasteiger partial charge on any atom is 0.255 e. The molecular formula is C20H21F2N3O. The van der Waals surface area contributed by atoms with Crippen molar-refractivity contribution in [3.63, 3.8) is 0 Å². The van der Waals surface area contributed by atoms with Crippen LogP contribution in [0.5, 0.6) is 0 Å². The number of hydrogen-bond donors (Lipinski definition) is 0. The Kier molecular flexibility index (Phi) is 4.68. The number of piperidine rings is 1. The van der Waals surface area contributed by atoms with Crippen LogP contribution in [-0.4, -0.2) is 46.4 Å². The van der Waals surface area contributed by atoms with Gasteiger partial charge in [0.15, 0.2) is 0 Å². The Morgan fingerprint density at radius 1 is 1.04 bits per heavy atom. The molecule has 0 unspecified atom stereocenters. The molecule has 2 aromatic rings. The van der Waals surface area contributed by atoms with Crippen molar-refractivity contribution in [2.45, 2.75) is 25.4 Å². The van der Waals surface area contributed by atoms with E-state index >= 15 is 0 Å². The zero-order valence-electron chi connectivity index (χ0n) is 14.4. The van der Waals surface area contributed by atoms with E-state index in [2.05, 4.69) is 9.88 Å². The number of amides is 1. The van der Waals surface area contributed by atoms with Gasteiger partial charge in [0, 0.05) is 38.4 Å². The third-order valence-corrected chi connectivity index (χ3v) is 5.32. The second kappa shape index (κ2) is 7.11. The van der Waals surface area contributed by atoms with Gasteiger partial charge in [-0.2, -0.15) is 0 Å². The summed E-state index contributed by atoms with van der Waals surface area (Å²) in [5.74, 6) is -0.464. The van der Waals surface area contributed by atoms with Crippen LogP contribution in [0, 0.1) is 17.6 Å². The molecule has 0 saturated carbocycles. The third-order valence-electron chi connectivity index (χ3n) is 5.32. The number of fused-ring (bicyclic) bond motifs is 4. The number of aromatic nitrogens is 1. The van der Waals surface area contributed by atoms with E-state index in [9.17, 15) is 13.6 Å². The lowest BCUT2D eigenvalue weighted by molar-refractivity contribution is 0.0584. The molecule has 3 aliphatic rings. The molecule has 4 nitrogen and oxygen atoms in total. The molecule has 0 N–H and O–H groups in total. The fourth-order valence-electron chi connectivity index (χ4n) is 4.10. The van der Waals surface area contributed by atoms with Gasteiger partial charge in [-0.25, -0.2) is 8.78 Å². The molecule has 2 atom stereocenters. The maximum absolute atomic E-state index is 13.4. The molecular weight excluding hydrogens is 336 g/mol. The molecule has 6 heteroatoms. The molecule has 3 aliphatic heterocycles. The van der Waals surface area contributed by atoms with Crippen LogP contribution in [0.4, 0.5) is 8.78 Å². The molecule has 0 aliphatic carbocycles. The lowest BCUT2D eigenvalue weighted by atomic mass is 9.94. The van der Waals surface area contributed by atoms with E-state index in [1.807, 2.05) is 17.0 Å². The van der Waals surface area contributed by atoms with E-state index < -0.39 is 5.82 Å². The third kappa shape index (κ3) is 3.60. The Morgan fingerprint density at radius 2 is 1.85 bits per heavy atom. The number of halogens is 2. The Labute approximate surface area is 151 Å². The summed E-state index contributed by atoms with van der Waals surface area (Å²) in [6.07, 6.45) is 4.59. The lowest BCUT2D eigenvalue weighted by Gasteiger charge is -2.36. The highest BCUT2D eigenvalue weighted by Crippen LogP contribution is 2.30. The van der Waals surface area contributed by atoms with Gasteiger partial charge in [-0.15, -0.1) is 0 Å². The van der Waals surface area contributed by atoms with Crippen LogP contribution >= 0.6 is 0 Å². The van der Waals surface area contributed by atoms with Crippen LogP contribution in [-0.2, 0) is 6.54 Å². The lowest BCUT2D eigenvalue weighted by Crippen LogP contribution is -2.47. The highest BCUT2D eigenvalue weighted by Gasteiger charge is 2.37. The van der Waals surface area contributed by atoms with E-state index in [0.717, 1.165) is 44.2 Å². The summed E-state index contributed by atoms with van der Waals surface area (Å²) in [6.45, 7) is 3.14. The Hall–Kier alpha value is -2.34. The second-order valence-corrected chi connectivity index (χ2v) is 7.27. The molecule has 136 valence electrons. The highest BCUT2D eigenvalue weighted by atomic mass is 19.1. The normalized spacial score (nSPS) is 23.1. The van der Waals surface area contributed by atoms with Crippen molar-refractivity contribution < 1.29 is 13.6 Å². The summed E-state index contributed by atoms with van der Waals surface area (Å²) in [6, 6.07) is 7.95. The van der Waals surface area contributed by atoms with Gasteiger partial charge in [-0.3, -0.25) is 14.7 Å². The number of rotatable bonds is 3. The van der Waals surface area contributed by atoms with Crippen molar-refractivity contribution >= 4 is 5.91 Å². The van der Waals surface area contributed by atoms with Crippen LogP contribution in [0.2, 0.25) is 0 Å². The Balaban J connectivity index is 1.49. The molecule has 1 aromatic heterocycles. The van der Waals surface area contributed by atoms with Gasteiger partial charge in [0.05, 0.1) is 11.8 Å². The van der Waals surface area contributed by atoms with E-state index in [-0.39, 0.29) is 17.8 Å². The Morgan fingerprint density at radius 3 is 2.62 bits per heavy atom. The van der Waals surface area contributed by atoms with Gasteiger partial charge >= 0.3 is 0 Å². The average Bonchev–Trinajstić information content (AvgIpc) is 2.93. The van der Waals surface area contributed by atoms with Crippen molar-refractivity contribution in [2.75, 3.05) is 19.6 Å².